The maximum atomic E-state index is 6.92. The molecule has 1 atom stereocenters. The summed E-state index contributed by atoms with van der Waals surface area (Å²) >= 11 is -1.76. The molecule has 1 nitrogen and oxygen atoms in total. The van der Waals surface area contributed by atoms with Crippen molar-refractivity contribution in [3.63, 3.8) is 0 Å². The van der Waals surface area contributed by atoms with Gasteiger partial charge in [-0.3, -0.25) is 0 Å². The molecule has 0 saturated carbocycles. The largest absolute Gasteiger partial charge is 1.00 e. The van der Waals surface area contributed by atoms with Crippen LogP contribution in [0.4, 0.5) is 0 Å². The molecule has 193 valence electrons. The van der Waals surface area contributed by atoms with E-state index in [0.717, 1.165) is 11.5 Å². The summed E-state index contributed by atoms with van der Waals surface area (Å²) in [6.45, 7) is 6.49. The van der Waals surface area contributed by atoms with Crippen molar-refractivity contribution in [2.75, 3.05) is 0 Å². The van der Waals surface area contributed by atoms with E-state index in [2.05, 4.69) is 147 Å². The molecule has 38 heavy (non-hydrogen) atoms. The second-order valence-electron chi connectivity index (χ2n) is 9.76. The summed E-state index contributed by atoms with van der Waals surface area (Å²) in [5, 5.41) is 0. The van der Waals surface area contributed by atoms with Gasteiger partial charge in [-0.1, -0.05) is 0 Å². The van der Waals surface area contributed by atoms with Crippen LogP contribution in [-0.4, -0.2) is 6.66 Å². The van der Waals surface area contributed by atoms with E-state index in [1.54, 1.807) is 7.75 Å². The molecular formula is C33H33Cl2OSiTi. The minimum absolute atomic E-state index is 0. The minimum Gasteiger partial charge on any atom is -1.00 e. The molecule has 0 heterocycles. The van der Waals surface area contributed by atoms with E-state index in [1.165, 1.54) is 16.7 Å². The molecule has 0 spiro atoms. The Morgan fingerprint density at radius 2 is 1.11 bits per heavy atom. The van der Waals surface area contributed by atoms with Crippen molar-refractivity contribution in [2.45, 2.75) is 25.9 Å². The molecule has 4 aromatic rings. The summed E-state index contributed by atoms with van der Waals surface area (Å²) in [5.41, 5.74) is 3.93. The molecule has 4 aromatic carbocycles. The fourth-order valence-corrected chi connectivity index (χ4v) is 18.0. The van der Waals surface area contributed by atoms with Crippen molar-refractivity contribution in [3.05, 3.63) is 154 Å². The fraction of sp³-hybridized carbons (Fsp3) is 0.152. The maximum Gasteiger partial charge on any atom is -1.00 e. The van der Waals surface area contributed by atoms with Crippen LogP contribution >= 0.6 is 0 Å². The smallest absolute Gasteiger partial charge is 1.00 e. The normalized spacial score (nSPS) is 14.6. The zero-order valence-electron chi connectivity index (χ0n) is 22.0. The predicted octanol–water partition coefficient (Wildman–Crippen LogP) is 1.62. The Bertz CT molecular complexity index is 1300. The van der Waals surface area contributed by atoms with Gasteiger partial charge in [-0.15, -0.1) is 0 Å². The monoisotopic (exact) mass is 591 g/mol. The third kappa shape index (κ3) is 6.62. The Balaban J connectivity index is 0.00000200. The van der Waals surface area contributed by atoms with Gasteiger partial charge < -0.3 is 24.8 Å². The van der Waals surface area contributed by atoms with E-state index in [1.807, 2.05) is 0 Å². The van der Waals surface area contributed by atoms with Crippen LogP contribution in [-0.2, 0) is 17.1 Å². The average Bonchev–Trinajstić information content (AvgIpc) is 3.21. The third-order valence-electron chi connectivity index (χ3n) is 6.88. The van der Waals surface area contributed by atoms with Gasteiger partial charge in [-0.2, -0.15) is 0 Å². The van der Waals surface area contributed by atoms with Crippen molar-refractivity contribution >= 4 is 10.5 Å². The Hall–Kier alpha value is -2.33. The van der Waals surface area contributed by atoms with Crippen LogP contribution < -0.4 is 33.4 Å². The molecule has 1 aliphatic carbocycles. The molecule has 0 bridgehead atoms. The molecule has 0 fully saturated rings. The first-order valence-electron chi connectivity index (χ1n) is 12.8. The van der Waals surface area contributed by atoms with Gasteiger partial charge in [0.25, 0.3) is 0 Å². The molecule has 1 aliphatic rings. The summed E-state index contributed by atoms with van der Waals surface area (Å²) in [7, 11) is 0. The molecular weight excluding hydrogens is 559 g/mol. The van der Waals surface area contributed by atoms with E-state index in [-0.39, 0.29) is 30.7 Å². The number of allylic oxidation sites excluding steroid dienone is 3. The van der Waals surface area contributed by atoms with Gasteiger partial charge in [0.2, 0.25) is 0 Å². The topological polar surface area (TPSA) is 9.23 Å². The van der Waals surface area contributed by atoms with E-state index in [4.69, 9.17) is 4.74 Å². The quantitative estimate of drug-likeness (QED) is 0.283. The SMILES string of the molecule is CC1C=C(C(c2ccccc2)c2ccccc2)C(Oc2ccccc2)=[C]1[Ti+2]([c]1ccccc1)[SiH](C)C.[Cl-].[Cl-]. The molecule has 5 heteroatoms. The summed E-state index contributed by atoms with van der Waals surface area (Å²) in [6, 6.07) is 43.5. The molecule has 0 radical (unpaired) electrons. The van der Waals surface area contributed by atoms with E-state index in [0.29, 0.717) is 5.92 Å². The van der Waals surface area contributed by atoms with Crippen LogP contribution in [0, 0.1) is 5.92 Å². The average molecular weight is 592 g/mol. The Morgan fingerprint density at radius 3 is 1.58 bits per heavy atom. The second kappa shape index (κ2) is 14.2. The Morgan fingerprint density at radius 1 is 0.658 bits per heavy atom. The van der Waals surface area contributed by atoms with Crippen molar-refractivity contribution in [3.8, 4) is 5.75 Å². The van der Waals surface area contributed by atoms with Gasteiger partial charge in [0, 0.05) is 0 Å². The van der Waals surface area contributed by atoms with Crippen molar-refractivity contribution in [1.29, 1.82) is 0 Å². The van der Waals surface area contributed by atoms with Crippen molar-refractivity contribution in [2.24, 2.45) is 5.92 Å². The van der Waals surface area contributed by atoms with Gasteiger partial charge in [0.15, 0.2) is 0 Å². The van der Waals surface area contributed by atoms with Gasteiger partial charge in [-0.25, -0.2) is 0 Å². The standard InChI is InChI=1S/C25H21O.C6H5.C2H7Si.2ClH.Ti/c1-19-17-23(24(18-19)26-22-15-9-4-10-16-22)25(20-11-5-2-6-12-20)21-13-7-3-8-14-21;1-2-4-6-5-3-1;1-3-2;;;/h2-17,19,25H,1H3;1-5H;3H,1-2H3;2*1H;/q;;;;;+2/p-2. The van der Waals surface area contributed by atoms with Gasteiger partial charge in [0.1, 0.15) is 0 Å². The van der Waals surface area contributed by atoms with Crippen LogP contribution in [0.2, 0.25) is 13.1 Å². The zero-order valence-corrected chi connectivity index (χ0v) is 26.2. The molecule has 5 rings (SSSR count). The molecule has 0 saturated heterocycles. The number of hydrogen-bond donors (Lipinski definition) is 0. The van der Waals surface area contributed by atoms with Crippen LogP contribution in [0.25, 0.3) is 0 Å². The summed E-state index contributed by atoms with van der Waals surface area (Å²) in [5.74, 6) is 2.56. The molecule has 0 amide bonds. The van der Waals surface area contributed by atoms with Crippen LogP contribution in [0.15, 0.2) is 143 Å². The summed E-state index contributed by atoms with van der Waals surface area (Å²) in [4.78, 5) is 0. The second-order valence-corrected chi connectivity index (χ2v) is 22.9. The molecule has 1 unspecified atom stereocenters. The van der Waals surface area contributed by atoms with Gasteiger partial charge >= 0.3 is 224 Å². The van der Waals surface area contributed by atoms with Crippen LogP contribution in [0.1, 0.15) is 24.0 Å². The minimum atomic E-state index is -1.76. The van der Waals surface area contributed by atoms with Gasteiger partial charge in [0.05, 0.1) is 0 Å². The first kappa shape index (κ1) is 30.2. The van der Waals surface area contributed by atoms with Crippen LogP contribution in [0.5, 0.6) is 5.75 Å². The number of para-hydroxylation sites is 1. The molecule has 0 aromatic heterocycles. The van der Waals surface area contributed by atoms with Gasteiger partial charge in [-0.05, 0) is 0 Å². The van der Waals surface area contributed by atoms with Crippen molar-refractivity contribution < 1.29 is 46.7 Å². The molecule has 0 aliphatic heterocycles. The number of benzene rings is 4. The fourth-order valence-electron chi connectivity index (χ4n) is 5.37. The number of halogens is 2. The third-order valence-corrected chi connectivity index (χ3v) is 19.6. The first-order valence-corrected chi connectivity index (χ1v) is 20.0. The molecule has 0 N–H and O–H groups in total. The number of rotatable bonds is 8. The van der Waals surface area contributed by atoms with E-state index < -0.39 is 23.8 Å². The summed E-state index contributed by atoms with van der Waals surface area (Å²) < 4.78 is 10.1. The van der Waals surface area contributed by atoms with Crippen molar-refractivity contribution in [1.82, 2.24) is 0 Å². The zero-order chi connectivity index (χ0) is 24.9. The van der Waals surface area contributed by atoms with E-state index >= 15 is 0 Å². The summed E-state index contributed by atoms with van der Waals surface area (Å²) in [6.07, 6.45) is 2.50. The maximum absolute atomic E-state index is 6.92. The van der Waals surface area contributed by atoms with E-state index in [9.17, 15) is 0 Å². The predicted molar refractivity (Wildman–Crippen MR) is 151 cm³/mol. The van der Waals surface area contributed by atoms with Crippen LogP contribution in [0.3, 0.4) is 0 Å². The number of ether oxygens (including phenoxy) is 1. The Kier molecular flexibility index (Phi) is 11.3. The number of hydrogen-bond acceptors (Lipinski definition) is 1. The Labute approximate surface area is 247 Å². The first-order chi connectivity index (χ1) is 17.6.